The number of aromatic nitrogens is 2. The Hall–Kier alpha value is -2.12. The van der Waals surface area contributed by atoms with Crippen molar-refractivity contribution in [3.8, 4) is 17.7 Å². The van der Waals surface area contributed by atoms with Crippen molar-refractivity contribution < 1.29 is 4.74 Å². The Bertz CT molecular complexity index is 697. The molecular formula is C15H14ClN3O. The maximum Gasteiger partial charge on any atom is 0.257 e. The van der Waals surface area contributed by atoms with Crippen molar-refractivity contribution >= 4 is 11.6 Å². The van der Waals surface area contributed by atoms with Gasteiger partial charge in [0.15, 0.2) is 0 Å². The van der Waals surface area contributed by atoms with Crippen molar-refractivity contribution in [1.82, 2.24) is 10.2 Å². The zero-order valence-corrected chi connectivity index (χ0v) is 12.5. The summed E-state index contributed by atoms with van der Waals surface area (Å²) in [5.74, 6) is 0.882. The average molecular weight is 288 g/mol. The fraction of sp³-hybridized carbons (Fsp3) is 0.267. The summed E-state index contributed by atoms with van der Waals surface area (Å²) in [5.41, 5.74) is 3.68. The van der Waals surface area contributed by atoms with Crippen molar-refractivity contribution in [2.24, 2.45) is 0 Å². The molecule has 0 spiro atoms. The highest BCUT2D eigenvalue weighted by molar-refractivity contribution is 6.30. The van der Waals surface area contributed by atoms with Gasteiger partial charge in [-0.3, -0.25) is 0 Å². The molecule has 0 aliphatic rings. The number of aryl methyl sites for hydroxylation is 3. The van der Waals surface area contributed by atoms with Crippen LogP contribution >= 0.6 is 11.6 Å². The van der Waals surface area contributed by atoms with Crippen LogP contribution in [0, 0.1) is 39.0 Å². The Morgan fingerprint density at radius 3 is 2.25 bits per heavy atom. The summed E-state index contributed by atoms with van der Waals surface area (Å²) in [6, 6.07) is 5.74. The van der Waals surface area contributed by atoms with Crippen LogP contribution in [-0.4, -0.2) is 10.2 Å². The number of rotatable bonds is 2. The molecule has 0 fully saturated rings. The van der Waals surface area contributed by atoms with Gasteiger partial charge in [-0.1, -0.05) is 11.6 Å². The molecule has 1 heterocycles. The van der Waals surface area contributed by atoms with E-state index in [1.165, 1.54) is 0 Å². The predicted molar refractivity (Wildman–Crippen MR) is 77.2 cm³/mol. The summed E-state index contributed by atoms with van der Waals surface area (Å²) >= 11 is 5.99. The van der Waals surface area contributed by atoms with Crippen LogP contribution in [0.4, 0.5) is 0 Å². The lowest BCUT2D eigenvalue weighted by atomic mass is 10.1. The predicted octanol–water partition coefficient (Wildman–Crippen LogP) is 4.03. The number of benzene rings is 1. The summed E-state index contributed by atoms with van der Waals surface area (Å²) in [6.45, 7) is 7.44. The Morgan fingerprint density at radius 1 is 1.10 bits per heavy atom. The normalized spacial score (nSPS) is 10.2. The van der Waals surface area contributed by atoms with E-state index in [0.717, 1.165) is 22.4 Å². The molecule has 0 amide bonds. The number of halogens is 1. The van der Waals surface area contributed by atoms with Crippen molar-refractivity contribution in [2.75, 3.05) is 0 Å². The van der Waals surface area contributed by atoms with Gasteiger partial charge in [-0.2, -0.15) is 10.4 Å². The second-order valence-corrected chi connectivity index (χ2v) is 5.11. The number of hydrogen-bond donors (Lipinski definition) is 0. The molecule has 0 saturated heterocycles. The van der Waals surface area contributed by atoms with Gasteiger partial charge < -0.3 is 4.74 Å². The molecule has 0 atom stereocenters. The highest BCUT2D eigenvalue weighted by Crippen LogP contribution is 2.32. The van der Waals surface area contributed by atoms with Crippen LogP contribution in [0.2, 0.25) is 5.02 Å². The molecule has 2 rings (SSSR count). The van der Waals surface area contributed by atoms with Gasteiger partial charge >= 0.3 is 0 Å². The van der Waals surface area contributed by atoms with Crippen LogP contribution < -0.4 is 4.74 Å². The summed E-state index contributed by atoms with van der Waals surface area (Å²) in [5, 5.41) is 17.9. The molecule has 0 N–H and O–H groups in total. The molecule has 0 aliphatic carbocycles. The monoisotopic (exact) mass is 287 g/mol. The molecule has 0 bridgehead atoms. The molecule has 20 heavy (non-hydrogen) atoms. The van der Waals surface area contributed by atoms with E-state index in [4.69, 9.17) is 16.3 Å². The summed E-state index contributed by atoms with van der Waals surface area (Å²) in [7, 11) is 0. The van der Waals surface area contributed by atoms with Crippen LogP contribution in [0.1, 0.15) is 27.9 Å². The first-order valence-corrected chi connectivity index (χ1v) is 6.50. The molecule has 0 saturated carbocycles. The highest BCUT2D eigenvalue weighted by Gasteiger charge is 2.15. The molecule has 4 nitrogen and oxygen atoms in total. The Labute approximate surface area is 123 Å². The second-order valence-electron chi connectivity index (χ2n) is 4.67. The van der Waals surface area contributed by atoms with E-state index in [0.29, 0.717) is 16.3 Å². The van der Waals surface area contributed by atoms with Crippen LogP contribution in [0.5, 0.6) is 11.6 Å². The number of ether oxygens (including phenoxy) is 1. The van der Waals surface area contributed by atoms with Crippen LogP contribution in [0.15, 0.2) is 12.1 Å². The third-order valence-corrected chi connectivity index (χ3v) is 3.38. The highest BCUT2D eigenvalue weighted by atomic mass is 35.5. The van der Waals surface area contributed by atoms with Gasteiger partial charge in [0.05, 0.1) is 5.69 Å². The largest absolute Gasteiger partial charge is 0.436 e. The molecule has 2 aromatic rings. The zero-order chi connectivity index (χ0) is 14.9. The minimum atomic E-state index is 0.226. The van der Waals surface area contributed by atoms with Gasteiger partial charge in [0.25, 0.3) is 5.88 Å². The second kappa shape index (κ2) is 5.48. The van der Waals surface area contributed by atoms with E-state index in [9.17, 15) is 5.26 Å². The van der Waals surface area contributed by atoms with E-state index in [1.807, 2.05) is 39.8 Å². The van der Waals surface area contributed by atoms with E-state index >= 15 is 0 Å². The Balaban J connectivity index is 2.52. The number of hydrogen-bond acceptors (Lipinski definition) is 4. The van der Waals surface area contributed by atoms with E-state index in [2.05, 4.69) is 16.3 Å². The number of nitrogens with zero attached hydrogens (tertiary/aromatic N) is 3. The van der Waals surface area contributed by atoms with Gasteiger partial charge in [0.2, 0.25) is 0 Å². The Morgan fingerprint density at radius 2 is 1.70 bits per heavy atom. The van der Waals surface area contributed by atoms with E-state index < -0.39 is 0 Å². The van der Waals surface area contributed by atoms with Crippen LogP contribution in [0.25, 0.3) is 0 Å². The van der Waals surface area contributed by atoms with Gasteiger partial charge in [-0.25, -0.2) is 0 Å². The van der Waals surface area contributed by atoms with Crippen LogP contribution in [-0.2, 0) is 0 Å². The number of nitriles is 1. The third kappa shape index (κ3) is 2.59. The summed E-state index contributed by atoms with van der Waals surface area (Å²) in [4.78, 5) is 0. The van der Waals surface area contributed by atoms with Gasteiger partial charge in [-0.05, 0) is 56.5 Å². The Kier molecular flexibility index (Phi) is 3.91. The smallest absolute Gasteiger partial charge is 0.257 e. The zero-order valence-electron chi connectivity index (χ0n) is 11.8. The molecule has 1 aromatic carbocycles. The topological polar surface area (TPSA) is 58.8 Å². The maximum absolute atomic E-state index is 9.27. The lowest BCUT2D eigenvalue weighted by Gasteiger charge is -2.13. The molecule has 0 unspecified atom stereocenters. The van der Waals surface area contributed by atoms with Crippen molar-refractivity contribution in [2.45, 2.75) is 27.7 Å². The SMILES string of the molecule is Cc1cc(Cl)cc(C)c1Oc1nnc(C)c(C)c1C#N. The maximum atomic E-state index is 9.27. The van der Waals surface area contributed by atoms with Gasteiger partial charge in [-0.15, -0.1) is 5.10 Å². The molecule has 5 heteroatoms. The fourth-order valence-electron chi connectivity index (χ4n) is 1.94. The van der Waals surface area contributed by atoms with Gasteiger partial charge in [0, 0.05) is 5.02 Å². The quantitative estimate of drug-likeness (QED) is 0.837. The summed E-state index contributed by atoms with van der Waals surface area (Å²) < 4.78 is 5.80. The molecular weight excluding hydrogens is 274 g/mol. The molecule has 0 radical (unpaired) electrons. The van der Waals surface area contributed by atoms with Crippen molar-refractivity contribution in [3.05, 3.63) is 45.1 Å². The van der Waals surface area contributed by atoms with Crippen molar-refractivity contribution in [1.29, 1.82) is 5.26 Å². The van der Waals surface area contributed by atoms with E-state index in [-0.39, 0.29) is 5.88 Å². The minimum absolute atomic E-state index is 0.226. The van der Waals surface area contributed by atoms with E-state index in [1.54, 1.807) is 0 Å². The lowest BCUT2D eigenvalue weighted by molar-refractivity contribution is 0.445. The molecule has 102 valence electrons. The summed E-state index contributed by atoms with van der Waals surface area (Å²) in [6.07, 6.45) is 0. The first-order chi connectivity index (χ1) is 9.43. The van der Waals surface area contributed by atoms with Crippen molar-refractivity contribution in [3.63, 3.8) is 0 Å². The standard InChI is InChI=1S/C15H14ClN3O/c1-8-5-12(16)6-9(2)14(8)20-15-13(7-17)10(3)11(4)18-19-15/h5-6H,1-4H3. The fourth-order valence-corrected chi connectivity index (χ4v) is 2.27. The average Bonchev–Trinajstić information content (AvgIpc) is 2.38. The lowest BCUT2D eigenvalue weighted by Crippen LogP contribution is -2.02. The van der Waals surface area contributed by atoms with Crippen LogP contribution in [0.3, 0.4) is 0 Å². The first-order valence-electron chi connectivity index (χ1n) is 6.12. The molecule has 0 aliphatic heterocycles. The minimum Gasteiger partial charge on any atom is -0.436 e. The third-order valence-electron chi connectivity index (χ3n) is 3.16. The first kappa shape index (κ1) is 14.3. The van der Waals surface area contributed by atoms with Gasteiger partial charge in [0.1, 0.15) is 17.4 Å². The molecule has 1 aromatic heterocycles.